The van der Waals surface area contributed by atoms with Gasteiger partial charge in [0, 0.05) is 17.8 Å². The van der Waals surface area contributed by atoms with E-state index in [1.807, 2.05) is 0 Å². The van der Waals surface area contributed by atoms with Crippen LogP contribution in [0, 0.1) is 0 Å². The Balaban J connectivity index is 1.88. The van der Waals surface area contributed by atoms with Crippen molar-refractivity contribution in [2.24, 2.45) is 0 Å². The van der Waals surface area contributed by atoms with Crippen molar-refractivity contribution >= 4 is 29.3 Å². The molecule has 3 N–H and O–H groups in total. The summed E-state index contributed by atoms with van der Waals surface area (Å²) in [5.74, 6) is -4.42. The van der Waals surface area contributed by atoms with Gasteiger partial charge in [0.05, 0.1) is 11.3 Å². The minimum Gasteiger partial charge on any atom is -0.452 e. The number of allylic oxidation sites excluding steroid dienone is 1. The van der Waals surface area contributed by atoms with Gasteiger partial charge < -0.3 is 10.1 Å². The smallest absolute Gasteiger partial charge is 0.452 e. The highest BCUT2D eigenvalue weighted by Crippen LogP contribution is 2.18. The van der Waals surface area contributed by atoms with Gasteiger partial charge in [0.2, 0.25) is 0 Å². The first-order chi connectivity index (χ1) is 14.7. The number of nitrogens with one attached hydrogen (secondary N) is 3. The lowest BCUT2D eigenvalue weighted by Crippen LogP contribution is -2.43. The van der Waals surface area contributed by atoms with E-state index in [9.17, 15) is 32.3 Å². The van der Waals surface area contributed by atoms with Gasteiger partial charge >= 0.3 is 12.1 Å². The van der Waals surface area contributed by atoms with Gasteiger partial charge in [-0.2, -0.15) is 13.2 Å². The summed E-state index contributed by atoms with van der Waals surface area (Å²) in [6, 6.07) is 13.7. The van der Waals surface area contributed by atoms with E-state index < -0.39 is 36.4 Å². The fraction of sp³-hybridized carbons (Fsp3) is 0.100. The predicted molar refractivity (Wildman–Crippen MR) is 103 cm³/mol. The van der Waals surface area contributed by atoms with Crippen LogP contribution >= 0.6 is 0 Å². The summed E-state index contributed by atoms with van der Waals surface area (Å²) in [7, 11) is 0. The molecule has 31 heavy (non-hydrogen) atoms. The lowest BCUT2D eigenvalue weighted by atomic mass is 10.2. The Morgan fingerprint density at radius 1 is 0.903 bits per heavy atom. The number of ketones is 1. The van der Waals surface area contributed by atoms with Crippen LogP contribution in [0.4, 0.5) is 18.9 Å². The summed E-state index contributed by atoms with van der Waals surface area (Å²) in [5.41, 5.74) is 4.49. The second-order valence-corrected chi connectivity index (χ2v) is 5.83. The minimum atomic E-state index is -5.01. The summed E-state index contributed by atoms with van der Waals surface area (Å²) >= 11 is 0. The van der Waals surface area contributed by atoms with E-state index >= 15 is 0 Å². The quantitative estimate of drug-likeness (QED) is 0.350. The maximum Gasteiger partial charge on any atom is 0.454 e. The Morgan fingerprint density at radius 3 is 2.23 bits per heavy atom. The van der Waals surface area contributed by atoms with Gasteiger partial charge in [0.1, 0.15) is 0 Å². The number of halogens is 3. The number of hydrogen-bond acceptors (Lipinski definition) is 6. The zero-order valence-electron chi connectivity index (χ0n) is 15.7. The lowest BCUT2D eigenvalue weighted by Gasteiger charge is -2.10. The Kier molecular flexibility index (Phi) is 7.89. The Morgan fingerprint density at radius 2 is 1.55 bits per heavy atom. The largest absolute Gasteiger partial charge is 0.454 e. The van der Waals surface area contributed by atoms with Gasteiger partial charge in [-0.15, -0.1) is 0 Å². The van der Waals surface area contributed by atoms with Crippen molar-refractivity contribution in [1.29, 1.82) is 0 Å². The molecule has 0 aliphatic rings. The number of benzene rings is 2. The van der Waals surface area contributed by atoms with E-state index in [4.69, 9.17) is 4.74 Å². The third-order valence-corrected chi connectivity index (χ3v) is 3.59. The molecule has 2 rings (SSSR count). The number of para-hydroxylation sites is 1. The Hall–Kier alpha value is -4.15. The van der Waals surface area contributed by atoms with Crippen LogP contribution in [0.2, 0.25) is 0 Å². The second-order valence-electron chi connectivity index (χ2n) is 5.83. The zero-order chi connectivity index (χ0) is 22.9. The number of esters is 1. The van der Waals surface area contributed by atoms with Crippen molar-refractivity contribution < 1.29 is 37.1 Å². The summed E-state index contributed by atoms with van der Waals surface area (Å²) in [4.78, 5) is 46.6. The van der Waals surface area contributed by atoms with Crippen LogP contribution in [0.15, 0.2) is 66.9 Å². The molecule has 0 bridgehead atoms. The van der Waals surface area contributed by atoms with Crippen molar-refractivity contribution in [3.05, 3.63) is 78.0 Å². The van der Waals surface area contributed by atoms with E-state index in [1.165, 1.54) is 36.4 Å². The highest BCUT2D eigenvalue weighted by atomic mass is 19.4. The van der Waals surface area contributed by atoms with Crippen LogP contribution < -0.4 is 16.2 Å². The molecule has 0 saturated carbocycles. The van der Waals surface area contributed by atoms with Gasteiger partial charge in [0.15, 0.2) is 6.61 Å². The Labute approximate surface area is 174 Å². The maximum atomic E-state index is 12.2. The second kappa shape index (κ2) is 10.6. The number of carbonyl (C=O) groups is 4. The number of amides is 2. The predicted octanol–water partition coefficient (Wildman–Crippen LogP) is 2.36. The van der Waals surface area contributed by atoms with Crippen LogP contribution in [0.1, 0.15) is 20.7 Å². The monoisotopic (exact) mass is 435 g/mol. The summed E-state index contributed by atoms with van der Waals surface area (Å²) in [5, 5.41) is 2.38. The summed E-state index contributed by atoms with van der Waals surface area (Å²) in [6.07, 6.45) is -4.02. The molecule has 2 amide bonds. The average Bonchev–Trinajstić information content (AvgIpc) is 2.76. The standard InChI is InChI=1S/C20H16F3N3O5/c21-20(22,23)16(27)10-11-24-15-9-5-4-8-14(15)19(30)31-12-17(28)25-26-18(29)13-6-2-1-3-7-13/h1-11,24H,12H2,(H,25,28)(H,26,29)/b11-10+. The third-order valence-electron chi connectivity index (χ3n) is 3.59. The zero-order valence-corrected chi connectivity index (χ0v) is 15.7. The van der Waals surface area contributed by atoms with Gasteiger partial charge in [0.25, 0.3) is 17.6 Å². The molecule has 0 heterocycles. The highest BCUT2D eigenvalue weighted by molar-refractivity contribution is 5.98. The van der Waals surface area contributed by atoms with E-state index in [0.717, 1.165) is 6.20 Å². The van der Waals surface area contributed by atoms with Crippen molar-refractivity contribution in [2.45, 2.75) is 6.18 Å². The van der Waals surface area contributed by atoms with Crippen LogP contribution in [0.3, 0.4) is 0 Å². The van der Waals surface area contributed by atoms with Gasteiger partial charge in [-0.1, -0.05) is 30.3 Å². The molecule has 8 nitrogen and oxygen atoms in total. The Bertz CT molecular complexity index is 991. The number of hydrazine groups is 1. The molecular formula is C20H16F3N3O5. The first-order valence-electron chi connectivity index (χ1n) is 8.63. The number of hydrogen-bond donors (Lipinski definition) is 3. The normalized spacial score (nSPS) is 10.9. The first kappa shape index (κ1) is 23.1. The minimum absolute atomic E-state index is 0.0523. The summed E-state index contributed by atoms with van der Waals surface area (Å²) in [6.45, 7) is -0.732. The van der Waals surface area contributed by atoms with Crippen molar-refractivity contribution in [3.63, 3.8) is 0 Å². The molecule has 0 aliphatic carbocycles. The molecule has 0 aromatic heterocycles. The van der Waals surface area contributed by atoms with E-state index in [0.29, 0.717) is 5.56 Å². The van der Waals surface area contributed by atoms with Crippen LogP contribution in [-0.4, -0.2) is 36.4 Å². The topological polar surface area (TPSA) is 114 Å². The molecule has 0 fully saturated rings. The fourth-order valence-corrected chi connectivity index (χ4v) is 2.12. The van der Waals surface area contributed by atoms with E-state index in [-0.39, 0.29) is 17.3 Å². The fourth-order valence-electron chi connectivity index (χ4n) is 2.12. The SMILES string of the molecule is O=C(COC(=O)c1ccccc1N/C=C/C(=O)C(F)(F)F)NNC(=O)c1ccccc1. The average molecular weight is 435 g/mol. The van der Waals surface area contributed by atoms with Crippen LogP contribution in [0.25, 0.3) is 0 Å². The molecule has 0 saturated heterocycles. The summed E-state index contributed by atoms with van der Waals surface area (Å²) < 4.78 is 41.4. The number of anilines is 1. The maximum absolute atomic E-state index is 12.2. The van der Waals surface area contributed by atoms with Crippen molar-refractivity contribution in [1.82, 2.24) is 10.9 Å². The number of rotatable bonds is 7. The molecule has 2 aromatic carbocycles. The third kappa shape index (κ3) is 7.31. The van der Waals surface area contributed by atoms with Crippen LogP contribution in [0.5, 0.6) is 0 Å². The lowest BCUT2D eigenvalue weighted by molar-refractivity contribution is -0.165. The van der Waals surface area contributed by atoms with E-state index in [2.05, 4.69) is 16.2 Å². The molecular weight excluding hydrogens is 419 g/mol. The molecule has 0 unspecified atom stereocenters. The van der Waals surface area contributed by atoms with Gasteiger partial charge in [-0.3, -0.25) is 25.2 Å². The molecule has 2 aromatic rings. The number of carbonyl (C=O) groups excluding carboxylic acids is 4. The van der Waals surface area contributed by atoms with Crippen molar-refractivity contribution in [3.8, 4) is 0 Å². The first-order valence-corrected chi connectivity index (χ1v) is 8.63. The van der Waals surface area contributed by atoms with Gasteiger partial charge in [-0.25, -0.2) is 4.79 Å². The molecule has 0 aliphatic heterocycles. The van der Waals surface area contributed by atoms with E-state index in [1.54, 1.807) is 18.2 Å². The molecule has 0 spiro atoms. The van der Waals surface area contributed by atoms with Crippen LogP contribution in [-0.2, 0) is 14.3 Å². The molecule has 0 atom stereocenters. The van der Waals surface area contributed by atoms with Crippen molar-refractivity contribution in [2.75, 3.05) is 11.9 Å². The highest BCUT2D eigenvalue weighted by Gasteiger charge is 2.36. The molecule has 11 heteroatoms. The number of alkyl halides is 3. The molecule has 162 valence electrons. The van der Waals surface area contributed by atoms with Gasteiger partial charge in [-0.05, 0) is 24.3 Å². The molecule has 0 radical (unpaired) electrons. The number of ether oxygens (including phenoxy) is 1.